The number of nitrogens with zero attached hydrogens (tertiary/aromatic N) is 2. The van der Waals surface area contributed by atoms with Crippen molar-refractivity contribution in [2.24, 2.45) is 5.14 Å². The second kappa shape index (κ2) is 5.83. The molecule has 3 rings (SSSR count). The van der Waals surface area contributed by atoms with Gasteiger partial charge in [0.2, 0.25) is 0 Å². The first-order valence-electron chi connectivity index (χ1n) is 8.43. The van der Waals surface area contributed by atoms with Gasteiger partial charge in [0.15, 0.2) is 5.03 Å². The maximum absolute atomic E-state index is 11.4. The monoisotopic (exact) mass is 355 g/mol. The van der Waals surface area contributed by atoms with E-state index in [9.17, 15) is 8.42 Å². The highest BCUT2D eigenvalue weighted by Crippen LogP contribution is 2.46. The first-order valence-corrected chi connectivity index (χ1v) is 9.98. The fourth-order valence-corrected chi connectivity index (χ4v) is 3.90. The zero-order valence-corrected chi connectivity index (χ0v) is 15.5. The zero-order chi connectivity index (χ0) is 17.8. The quantitative estimate of drug-likeness (QED) is 0.838. The van der Waals surface area contributed by atoms with Crippen LogP contribution in [0.15, 0.2) is 17.3 Å². The fraction of sp³-hybridized carbons (Fsp3) is 0.800. The number of primary sulfonamides is 1. The predicted octanol–water partition coefficient (Wildman–Crippen LogP) is 2.11. The summed E-state index contributed by atoms with van der Waals surface area (Å²) in [4.78, 5) is 0. The molecule has 0 aromatic carbocycles. The molecular weight excluding hydrogens is 329 g/mol. The lowest BCUT2D eigenvalue weighted by atomic mass is 9.63. The summed E-state index contributed by atoms with van der Waals surface area (Å²) < 4.78 is 36.9. The van der Waals surface area contributed by atoms with Crippen LogP contribution in [0.3, 0.4) is 0 Å². The second-order valence-electron chi connectivity index (χ2n) is 7.88. The van der Waals surface area contributed by atoms with E-state index < -0.39 is 10.0 Å². The minimum absolute atomic E-state index is 0.0831. The molecule has 0 radical (unpaired) electrons. The van der Waals surface area contributed by atoms with Crippen molar-refractivity contribution in [2.75, 3.05) is 0 Å². The van der Waals surface area contributed by atoms with Crippen LogP contribution in [-0.4, -0.2) is 36.5 Å². The van der Waals surface area contributed by atoms with Crippen LogP contribution in [-0.2, 0) is 19.3 Å². The van der Waals surface area contributed by atoms with Crippen LogP contribution < -0.4 is 5.14 Å². The summed E-state index contributed by atoms with van der Waals surface area (Å²) in [6.07, 6.45) is 5.57. The first kappa shape index (κ1) is 17.9. The van der Waals surface area contributed by atoms with Gasteiger partial charge in [0.25, 0.3) is 10.0 Å². The van der Waals surface area contributed by atoms with Gasteiger partial charge in [0.05, 0.1) is 17.2 Å². The van der Waals surface area contributed by atoms with Gasteiger partial charge in [-0.3, -0.25) is 4.68 Å². The normalized spacial score (nSPS) is 29.8. The molecule has 0 spiro atoms. The van der Waals surface area contributed by atoms with Crippen LogP contribution in [0.4, 0.5) is 0 Å². The zero-order valence-electron chi connectivity index (χ0n) is 14.7. The third-order valence-corrected chi connectivity index (χ3v) is 6.39. The summed E-state index contributed by atoms with van der Waals surface area (Å²) >= 11 is 0. The molecule has 0 amide bonds. The standard InChI is InChI=1S/C15H26BN3O4S/c1-14(2)15(3,4)23-16(22-14)11-6-5-7-12(10-11)19-9-8-13(18-19)24(17,20)21/h8-9,11-12H,5-7,10H2,1-4H3,(H2,17,20,21)/t11-,12+/m0/s1. The van der Waals surface area contributed by atoms with Gasteiger partial charge in [-0.15, -0.1) is 0 Å². The fourth-order valence-electron chi connectivity index (χ4n) is 3.45. The molecule has 1 aromatic rings. The average Bonchev–Trinajstić information content (AvgIpc) is 3.02. The number of nitrogens with two attached hydrogens (primary N) is 1. The number of hydrogen-bond donors (Lipinski definition) is 1. The van der Waals surface area contributed by atoms with Crippen molar-refractivity contribution in [3.8, 4) is 0 Å². The molecule has 9 heteroatoms. The Balaban J connectivity index is 1.73. The third kappa shape index (κ3) is 3.27. The smallest absolute Gasteiger partial charge is 0.403 e. The van der Waals surface area contributed by atoms with E-state index in [0.29, 0.717) is 0 Å². The Morgan fingerprint density at radius 2 is 1.88 bits per heavy atom. The van der Waals surface area contributed by atoms with Gasteiger partial charge in [-0.1, -0.05) is 12.8 Å². The van der Waals surface area contributed by atoms with Crippen LogP contribution in [0.5, 0.6) is 0 Å². The van der Waals surface area contributed by atoms with Gasteiger partial charge in [0.1, 0.15) is 0 Å². The number of sulfonamides is 1. The maximum atomic E-state index is 11.4. The first-order chi connectivity index (χ1) is 11.0. The minimum Gasteiger partial charge on any atom is -0.403 e. The minimum atomic E-state index is -3.76. The molecular formula is C15H26BN3O4S. The Hall–Kier alpha value is -0.895. The van der Waals surface area contributed by atoms with E-state index >= 15 is 0 Å². The van der Waals surface area contributed by atoms with Crippen molar-refractivity contribution < 1.29 is 17.7 Å². The van der Waals surface area contributed by atoms with Gasteiger partial charge >= 0.3 is 7.12 Å². The molecule has 0 bridgehead atoms. The van der Waals surface area contributed by atoms with E-state index in [1.54, 1.807) is 10.9 Å². The van der Waals surface area contributed by atoms with Crippen LogP contribution in [0.25, 0.3) is 0 Å². The molecule has 134 valence electrons. The molecule has 2 fully saturated rings. The highest BCUT2D eigenvalue weighted by molar-refractivity contribution is 7.89. The van der Waals surface area contributed by atoms with Crippen molar-refractivity contribution >= 4 is 17.1 Å². The van der Waals surface area contributed by atoms with Crippen molar-refractivity contribution in [3.05, 3.63) is 12.3 Å². The van der Waals surface area contributed by atoms with Gasteiger partial charge in [-0.2, -0.15) is 5.10 Å². The van der Waals surface area contributed by atoms with Gasteiger partial charge in [0, 0.05) is 6.20 Å². The van der Waals surface area contributed by atoms with E-state index in [0.717, 1.165) is 25.7 Å². The van der Waals surface area contributed by atoms with E-state index in [1.807, 2.05) is 0 Å². The van der Waals surface area contributed by atoms with Gasteiger partial charge in [-0.05, 0) is 52.4 Å². The lowest BCUT2D eigenvalue weighted by molar-refractivity contribution is 0.00578. The summed E-state index contributed by atoms with van der Waals surface area (Å²) in [6, 6.07) is 1.59. The molecule has 2 N–H and O–H groups in total. The van der Waals surface area contributed by atoms with Crippen LogP contribution in [0.1, 0.15) is 59.4 Å². The molecule has 2 aliphatic rings. The van der Waals surface area contributed by atoms with Crippen molar-refractivity contribution in [1.82, 2.24) is 9.78 Å². The SMILES string of the molecule is CC1(C)OB([C@H]2CCC[C@@H](n3ccc(S(N)(=O)=O)n3)C2)OC1(C)C. The van der Waals surface area contributed by atoms with E-state index in [1.165, 1.54) is 6.07 Å². The lowest BCUT2D eigenvalue weighted by Crippen LogP contribution is -2.41. The van der Waals surface area contributed by atoms with Gasteiger partial charge < -0.3 is 9.31 Å². The molecule has 2 heterocycles. The summed E-state index contributed by atoms with van der Waals surface area (Å²) in [5.41, 5.74) is -0.672. The summed E-state index contributed by atoms with van der Waals surface area (Å²) in [5.74, 6) is 0.270. The number of hydrogen-bond acceptors (Lipinski definition) is 5. The molecule has 1 saturated carbocycles. The second-order valence-corrected chi connectivity index (χ2v) is 9.39. The molecule has 7 nitrogen and oxygen atoms in total. The van der Waals surface area contributed by atoms with E-state index in [4.69, 9.17) is 14.4 Å². The largest absolute Gasteiger partial charge is 0.461 e. The molecule has 1 aliphatic heterocycles. The molecule has 24 heavy (non-hydrogen) atoms. The summed E-state index contributed by atoms with van der Waals surface area (Å²) in [6.45, 7) is 8.22. The Kier molecular flexibility index (Phi) is 4.35. The Morgan fingerprint density at radius 3 is 2.42 bits per heavy atom. The van der Waals surface area contributed by atoms with E-state index in [-0.39, 0.29) is 35.2 Å². The number of aromatic nitrogens is 2. The maximum Gasteiger partial charge on any atom is 0.461 e. The van der Waals surface area contributed by atoms with E-state index in [2.05, 4.69) is 32.8 Å². The van der Waals surface area contributed by atoms with Crippen molar-refractivity contribution in [3.63, 3.8) is 0 Å². The van der Waals surface area contributed by atoms with Gasteiger partial charge in [-0.25, -0.2) is 13.6 Å². The highest BCUT2D eigenvalue weighted by atomic mass is 32.2. The Morgan fingerprint density at radius 1 is 1.25 bits per heavy atom. The van der Waals surface area contributed by atoms with Crippen LogP contribution in [0.2, 0.25) is 5.82 Å². The Bertz CT molecular complexity index is 700. The predicted molar refractivity (Wildman–Crippen MR) is 90.9 cm³/mol. The van der Waals surface area contributed by atoms with Crippen molar-refractivity contribution in [1.29, 1.82) is 0 Å². The lowest BCUT2D eigenvalue weighted by Gasteiger charge is -2.32. The summed E-state index contributed by atoms with van der Waals surface area (Å²) in [5, 5.41) is 9.20. The Labute approximate surface area is 144 Å². The summed E-state index contributed by atoms with van der Waals surface area (Å²) in [7, 11) is -3.99. The third-order valence-electron chi connectivity index (χ3n) is 5.59. The average molecular weight is 355 g/mol. The van der Waals surface area contributed by atoms with Crippen LogP contribution >= 0.6 is 0 Å². The molecule has 1 aromatic heterocycles. The highest BCUT2D eigenvalue weighted by Gasteiger charge is 2.54. The molecule has 1 saturated heterocycles. The number of rotatable bonds is 3. The topological polar surface area (TPSA) is 96.4 Å². The molecule has 1 aliphatic carbocycles. The van der Waals surface area contributed by atoms with Crippen LogP contribution in [0, 0.1) is 0 Å². The molecule has 2 atom stereocenters. The van der Waals surface area contributed by atoms with Crippen molar-refractivity contribution in [2.45, 2.75) is 81.5 Å². The molecule has 0 unspecified atom stereocenters.